The Morgan fingerprint density at radius 3 is 2.20 bits per heavy atom. The molecule has 0 spiro atoms. The van der Waals surface area contributed by atoms with Gasteiger partial charge in [0.1, 0.15) is 5.75 Å². The topological polar surface area (TPSA) is 72.9 Å². The van der Waals surface area contributed by atoms with Crippen LogP contribution in [0.5, 0.6) is 5.75 Å². The summed E-state index contributed by atoms with van der Waals surface area (Å²) in [6.45, 7) is 0. The van der Waals surface area contributed by atoms with E-state index in [0.717, 1.165) is 5.56 Å². The van der Waals surface area contributed by atoms with E-state index in [1.54, 1.807) is 43.5 Å². The molecule has 1 aliphatic heterocycles. The molecule has 0 unspecified atom stereocenters. The molecule has 6 nitrogen and oxygen atoms in total. The van der Waals surface area contributed by atoms with Crippen molar-refractivity contribution in [3.63, 3.8) is 0 Å². The van der Waals surface area contributed by atoms with Gasteiger partial charge in [-0.3, -0.25) is 9.59 Å². The third-order valence-electron chi connectivity index (χ3n) is 3.77. The number of hydroxylamine groups is 2. The van der Waals surface area contributed by atoms with Crippen molar-refractivity contribution in [3.8, 4) is 5.75 Å². The van der Waals surface area contributed by atoms with Gasteiger partial charge in [-0.2, -0.15) is 0 Å². The van der Waals surface area contributed by atoms with Gasteiger partial charge in [-0.25, -0.2) is 4.79 Å². The van der Waals surface area contributed by atoms with Crippen LogP contribution in [-0.2, 0) is 16.1 Å². The zero-order valence-corrected chi connectivity index (χ0v) is 13.5. The van der Waals surface area contributed by atoms with Crippen molar-refractivity contribution >= 4 is 17.8 Å². The summed E-state index contributed by atoms with van der Waals surface area (Å²) in [5.74, 6) is -2.18. The predicted octanol–water partition coefficient (Wildman–Crippen LogP) is 2.77. The van der Waals surface area contributed by atoms with E-state index >= 15 is 0 Å². The first-order valence-electron chi connectivity index (χ1n) is 8.66. The molecule has 0 aromatic heterocycles. The lowest BCUT2D eigenvalue weighted by atomic mass is 10.1. The first kappa shape index (κ1) is 14.2. The van der Waals surface area contributed by atoms with Crippen LogP contribution in [0.25, 0.3) is 0 Å². The van der Waals surface area contributed by atoms with Crippen LogP contribution in [0.15, 0.2) is 48.5 Å². The normalized spacial score (nSPS) is 14.7. The summed E-state index contributed by atoms with van der Waals surface area (Å²) in [5, 5.41) is 0.318. The number of nitrogens with zero attached hydrogens (tertiary/aromatic N) is 1. The SMILES string of the molecule is [2H]C([2H])(CCc1ccc(OC)cc1)C(=O)ON1C(=O)c2ccccc2C1=O. The van der Waals surface area contributed by atoms with E-state index < -0.39 is 24.2 Å². The lowest BCUT2D eigenvalue weighted by Crippen LogP contribution is -2.32. The fourth-order valence-electron chi connectivity index (χ4n) is 2.47. The number of carbonyl (C=O) groups is 3. The molecule has 2 aromatic rings. The summed E-state index contributed by atoms with van der Waals surface area (Å²) in [5.41, 5.74) is 1.05. The second kappa shape index (κ2) is 7.17. The van der Waals surface area contributed by atoms with Gasteiger partial charge in [0.15, 0.2) is 0 Å². The Bertz CT molecular complexity index is 860. The molecule has 3 rings (SSSR count). The fraction of sp³-hybridized carbons (Fsp3) is 0.211. The maximum absolute atomic E-state index is 12.2. The second-order valence-electron chi connectivity index (χ2n) is 5.35. The van der Waals surface area contributed by atoms with Crippen LogP contribution in [0.4, 0.5) is 0 Å². The molecule has 0 bridgehead atoms. The van der Waals surface area contributed by atoms with Crippen molar-refractivity contribution in [2.75, 3.05) is 7.11 Å². The lowest BCUT2D eigenvalue weighted by Gasteiger charge is -2.12. The average molecular weight is 341 g/mol. The molecule has 25 heavy (non-hydrogen) atoms. The first-order chi connectivity index (χ1) is 12.8. The number of ether oxygens (including phenoxy) is 1. The summed E-state index contributed by atoms with van der Waals surface area (Å²) >= 11 is 0. The largest absolute Gasteiger partial charge is 0.497 e. The van der Waals surface area contributed by atoms with Gasteiger partial charge >= 0.3 is 5.97 Å². The van der Waals surface area contributed by atoms with Crippen molar-refractivity contribution in [2.24, 2.45) is 0 Å². The molecule has 0 radical (unpaired) electrons. The summed E-state index contributed by atoms with van der Waals surface area (Å²) in [7, 11) is 1.54. The lowest BCUT2D eigenvalue weighted by molar-refractivity contribution is -0.168. The maximum atomic E-state index is 12.2. The highest BCUT2D eigenvalue weighted by atomic mass is 16.7. The number of aryl methyl sites for hydroxylation is 1. The minimum absolute atomic E-state index is 0.120. The van der Waals surface area contributed by atoms with Gasteiger partial charge in [0, 0.05) is 9.11 Å². The molecule has 0 saturated carbocycles. The van der Waals surface area contributed by atoms with Crippen molar-refractivity contribution in [1.29, 1.82) is 0 Å². The van der Waals surface area contributed by atoms with Gasteiger partial charge in [0.25, 0.3) is 11.8 Å². The Morgan fingerprint density at radius 2 is 1.64 bits per heavy atom. The number of hydrogen-bond acceptors (Lipinski definition) is 5. The Labute approximate surface area is 147 Å². The fourth-order valence-corrected chi connectivity index (χ4v) is 2.47. The number of methoxy groups -OCH3 is 1. The van der Waals surface area contributed by atoms with Gasteiger partial charge in [-0.15, -0.1) is 0 Å². The monoisotopic (exact) mass is 341 g/mol. The number of imide groups is 1. The van der Waals surface area contributed by atoms with Crippen molar-refractivity contribution in [3.05, 3.63) is 65.2 Å². The van der Waals surface area contributed by atoms with Crippen molar-refractivity contribution in [1.82, 2.24) is 5.06 Å². The van der Waals surface area contributed by atoms with Crippen LogP contribution in [0, 0.1) is 0 Å². The van der Waals surface area contributed by atoms with Gasteiger partial charge in [0.2, 0.25) is 0 Å². The van der Waals surface area contributed by atoms with Gasteiger partial charge in [-0.05, 0) is 42.7 Å². The van der Waals surface area contributed by atoms with E-state index in [1.165, 1.54) is 12.1 Å². The molecular weight excluding hydrogens is 322 g/mol. The zero-order chi connectivity index (χ0) is 19.6. The molecule has 0 fully saturated rings. The minimum atomic E-state index is -2.37. The summed E-state index contributed by atoms with van der Waals surface area (Å²) in [6.07, 6.45) is -2.26. The van der Waals surface area contributed by atoms with Crippen molar-refractivity contribution < 1.29 is 26.7 Å². The smallest absolute Gasteiger partial charge is 0.333 e. The highest BCUT2D eigenvalue weighted by molar-refractivity contribution is 6.20. The first-order valence-corrected chi connectivity index (χ1v) is 7.66. The molecule has 2 amide bonds. The van der Waals surface area contributed by atoms with Crippen LogP contribution < -0.4 is 4.74 Å². The van der Waals surface area contributed by atoms with Gasteiger partial charge < -0.3 is 9.57 Å². The van der Waals surface area contributed by atoms with E-state index in [1.807, 2.05) is 0 Å². The molecule has 128 valence electrons. The van der Waals surface area contributed by atoms with Gasteiger partial charge in [0.05, 0.1) is 18.2 Å². The molecule has 2 aromatic carbocycles. The summed E-state index contributed by atoms with van der Waals surface area (Å²) < 4.78 is 20.9. The number of rotatable bonds is 6. The van der Waals surface area contributed by atoms with E-state index in [4.69, 9.17) is 12.3 Å². The van der Waals surface area contributed by atoms with E-state index in [-0.39, 0.29) is 24.0 Å². The highest BCUT2D eigenvalue weighted by Crippen LogP contribution is 2.23. The molecule has 0 atom stereocenters. The maximum Gasteiger partial charge on any atom is 0.333 e. The van der Waals surface area contributed by atoms with Crippen LogP contribution >= 0.6 is 0 Å². The van der Waals surface area contributed by atoms with Crippen LogP contribution in [0.1, 0.15) is 41.8 Å². The van der Waals surface area contributed by atoms with Crippen molar-refractivity contribution in [2.45, 2.75) is 19.2 Å². The summed E-state index contributed by atoms with van der Waals surface area (Å²) in [6, 6.07) is 13.1. The predicted molar refractivity (Wildman–Crippen MR) is 89.0 cm³/mol. The number of fused-ring (bicyclic) bond motifs is 1. The highest BCUT2D eigenvalue weighted by Gasteiger charge is 2.38. The molecular formula is C19H17NO5. The molecule has 0 N–H and O–H groups in total. The van der Waals surface area contributed by atoms with E-state index in [0.29, 0.717) is 10.8 Å². The van der Waals surface area contributed by atoms with Crippen LogP contribution in [0.3, 0.4) is 0 Å². The quantitative estimate of drug-likeness (QED) is 0.756. The molecule has 0 aliphatic carbocycles. The molecule has 6 heteroatoms. The molecule has 1 aliphatic rings. The van der Waals surface area contributed by atoms with Crippen LogP contribution in [0.2, 0.25) is 0 Å². The number of amides is 2. The second-order valence-corrected chi connectivity index (χ2v) is 5.35. The number of carbonyl (C=O) groups excluding carboxylic acids is 3. The summed E-state index contributed by atoms with van der Waals surface area (Å²) in [4.78, 5) is 41.4. The van der Waals surface area contributed by atoms with E-state index in [9.17, 15) is 14.4 Å². The van der Waals surface area contributed by atoms with Crippen LogP contribution in [-0.4, -0.2) is 30.0 Å². The number of benzene rings is 2. The zero-order valence-electron chi connectivity index (χ0n) is 15.5. The Hall–Kier alpha value is -3.15. The third-order valence-corrected chi connectivity index (χ3v) is 3.77. The minimum Gasteiger partial charge on any atom is -0.497 e. The Morgan fingerprint density at radius 1 is 1.04 bits per heavy atom. The standard InChI is InChI=1S/C19H17NO5/c1-24-14-11-9-13(10-12-14)5-4-8-17(21)25-20-18(22)15-6-2-3-7-16(15)19(20)23/h2-3,6-7,9-12H,4-5,8H2,1H3/i8D2. The average Bonchev–Trinajstić information content (AvgIpc) is 2.92. The third kappa shape index (κ3) is 3.52. The Balaban J connectivity index is 1.64. The number of hydrogen-bond donors (Lipinski definition) is 0. The Kier molecular flexibility index (Phi) is 4.08. The van der Waals surface area contributed by atoms with Gasteiger partial charge in [-0.1, -0.05) is 29.3 Å². The molecule has 1 heterocycles. The van der Waals surface area contributed by atoms with E-state index in [2.05, 4.69) is 0 Å². The molecule has 0 saturated heterocycles.